The minimum Gasteiger partial charge on any atom is -0.456 e. The summed E-state index contributed by atoms with van der Waals surface area (Å²) in [5, 5.41) is 11.3. The molecule has 0 aliphatic rings. The van der Waals surface area contributed by atoms with Gasteiger partial charge in [-0.1, -0.05) is 60.7 Å². The van der Waals surface area contributed by atoms with Gasteiger partial charge in [0.1, 0.15) is 22.7 Å². The van der Waals surface area contributed by atoms with Gasteiger partial charge in [0.25, 0.3) is 0 Å². The number of fused-ring (bicyclic) bond motifs is 5. The second-order valence-electron chi connectivity index (χ2n) is 11.8. The Balaban J connectivity index is 0.947. The fraction of sp³-hybridized carbons (Fsp3) is 0. The van der Waals surface area contributed by atoms with Crippen LogP contribution < -0.4 is 0 Å². The summed E-state index contributed by atoms with van der Waals surface area (Å²) in [5.74, 6) is 1.74. The van der Waals surface area contributed by atoms with Gasteiger partial charge in [0.05, 0.1) is 0 Å². The Labute approximate surface area is 272 Å². The van der Waals surface area contributed by atoms with Crippen molar-refractivity contribution in [3.8, 4) is 44.9 Å². The summed E-state index contributed by atoms with van der Waals surface area (Å²) in [6, 6.07) is 47.9. The molecule has 4 heteroatoms. The van der Waals surface area contributed by atoms with Crippen LogP contribution in [0.2, 0.25) is 0 Å². The number of rotatable bonds is 4. The van der Waals surface area contributed by atoms with Crippen molar-refractivity contribution in [1.29, 1.82) is 0 Å². The smallest absolute Gasteiger partial charge is 0.135 e. The molecule has 4 heterocycles. The van der Waals surface area contributed by atoms with E-state index in [1.807, 2.05) is 0 Å². The highest BCUT2D eigenvalue weighted by atomic mass is 32.1. The molecule has 0 aliphatic heterocycles. The third kappa shape index (κ3) is 4.30. The highest BCUT2D eigenvalue weighted by Crippen LogP contribution is 2.37. The van der Waals surface area contributed by atoms with Gasteiger partial charge in [-0.2, -0.15) is 0 Å². The molecular weight excluding hydrogens is 601 g/mol. The van der Waals surface area contributed by atoms with Crippen molar-refractivity contribution in [2.45, 2.75) is 0 Å². The first-order chi connectivity index (χ1) is 22.7. The van der Waals surface area contributed by atoms with Crippen LogP contribution in [0.1, 0.15) is 0 Å². The highest BCUT2D eigenvalue weighted by Gasteiger charge is 2.12. The molecule has 2 nitrogen and oxygen atoms in total. The monoisotopic (exact) mass is 624 g/mol. The molecule has 0 bridgehead atoms. The van der Waals surface area contributed by atoms with Crippen LogP contribution in [0.4, 0.5) is 0 Å². The van der Waals surface area contributed by atoms with E-state index in [9.17, 15) is 0 Å². The van der Waals surface area contributed by atoms with E-state index in [-0.39, 0.29) is 0 Å². The number of hydrogen-bond acceptors (Lipinski definition) is 4. The Kier molecular flexibility index (Phi) is 5.65. The van der Waals surface area contributed by atoms with Crippen LogP contribution in [0.3, 0.4) is 0 Å². The molecule has 46 heavy (non-hydrogen) atoms. The molecule has 0 fully saturated rings. The third-order valence-electron chi connectivity index (χ3n) is 9.02. The van der Waals surface area contributed by atoms with Gasteiger partial charge in [-0.05, 0) is 127 Å². The first-order valence-electron chi connectivity index (χ1n) is 15.3. The summed E-state index contributed by atoms with van der Waals surface area (Å²) in [4.78, 5) is 0. The molecule has 0 N–H and O–H groups in total. The fourth-order valence-corrected chi connectivity index (χ4v) is 8.10. The molecule has 10 aromatic rings. The fourth-order valence-electron chi connectivity index (χ4n) is 6.55. The van der Waals surface area contributed by atoms with Gasteiger partial charge in [0.2, 0.25) is 0 Å². The molecule has 0 amide bonds. The Bertz CT molecular complexity index is 2480. The van der Waals surface area contributed by atoms with Crippen molar-refractivity contribution in [2.75, 3.05) is 0 Å². The molecule has 0 radical (unpaired) electrons. The maximum atomic E-state index is 6.39. The van der Waals surface area contributed by atoms with Crippen molar-refractivity contribution >= 4 is 75.6 Å². The summed E-state index contributed by atoms with van der Waals surface area (Å²) in [5.41, 5.74) is 8.76. The van der Waals surface area contributed by atoms with Crippen molar-refractivity contribution < 1.29 is 8.83 Å². The van der Waals surface area contributed by atoms with E-state index in [1.165, 1.54) is 42.4 Å². The molecule has 0 unspecified atom stereocenters. The lowest BCUT2D eigenvalue weighted by Crippen LogP contribution is -1.79. The Morgan fingerprint density at radius 1 is 0.304 bits per heavy atom. The number of hydrogen-bond donors (Lipinski definition) is 0. The van der Waals surface area contributed by atoms with Crippen LogP contribution >= 0.6 is 22.7 Å². The van der Waals surface area contributed by atoms with Crippen LogP contribution in [0.25, 0.3) is 97.8 Å². The van der Waals surface area contributed by atoms with Gasteiger partial charge >= 0.3 is 0 Å². The maximum Gasteiger partial charge on any atom is 0.135 e. The third-order valence-corrected chi connectivity index (χ3v) is 10.8. The summed E-state index contributed by atoms with van der Waals surface area (Å²) >= 11 is 3.55. The highest BCUT2D eigenvalue weighted by molar-refractivity contribution is 7.17. The zero-order chi connectivity index (χ0) is 30.2. The van der Waals surface area contributed by atoms with E-state index in [1.54, 1.807) is 22.7 Å². The van der Waals surface area contributed by atoms with Crippen LogP contribution in [0, 0.1) is 0 Å². The summed E-state index contributed by atoms with van der Waals surface area (Å²) in [6.45, 7) is 0. The van der Waals surface area contributed by atoms with E-state index in [0.717, 1.165) is 55.4 Å². The zero-order valence-corrected chi connectivity index (χ0v) is 26.1. The molecule has 216 valence electrons. The summed E-state index contributed by atoms with van der Waals surface area (Å²) in [7, 11) is 0. The number of furan rings is 2. The van der Waals surface area contributed by atoms with Gasteiger partial charge in [0.15, 0.2) is 0 Å². The van der Waals surface area contributed by atoms with E-state index in [4.69, 9.17) is 8.83 Å². The van der Waals surface area contributed by atoms with E-state index in [0.29, 0.717) is 0 Å². The van der Waals surface area contributed by atoms with Crippen molar-refractivity contribution in [1.82, 2.24) is 0 Å². The van der Waals surface area contributed by atoms with Crippen molar-refractivity contribution in [3.05, 3.63) is 144 Å². The first kappa shape index (κ1) is 25.9. The molecule has 6 aromatic carbocycles. The topological polar surface area (TPSA) is 26.3 Å². The quantitative estimate of drug-likeness (QED) is 0.195. The van der Waals surface area contributed by atoms with E-state index >= 15 is 0 Å². The lowest BCUT2D eigenvalue weighted by molar-refractivity contribution is 0.631. The predicted octanol–water partition coefficient (Wildman–Crippen LogP) is 13.4. The summed E-state index contributed by atoms with van der Waals surface area (Å²) < 4.78 is 15.4. The van der Waals surface area contributed by atoms with Crippen molar-refractivity contribution in [2.24, 2.45) is 0 Å². The average molecular weight is 625 g/mol. The second kappa shape index (κ2) is 10.0. The predicted molar refractivity (Wildman–Crippen MR) is 196 cm³/mol. The van der Waals surface area contributed by atoms with Gasteiger partial charge in [-0.25, -0.2) is 0 Å². The minimum atomic E-state index is 0.870. The molecule has 0 atom stereocenters. The number of thiophene rings is 2. The summed E-state index contributed by atoms with van der Waals surface area (Å²) in [6.07, 6.45) is 0. The van der Waals surface area contributed by atoms with E-state index in [2.05, 4.69) is 144 Å². The molecule has 0 aliphatic carbocycles. The lowest BCUT2D eigenvalue weighted by Gasteiger charge is -2.03. The Morgan fingerprint density at radius 3 is 1.17 bits per heavy atom. The minimum absolute atomic E-state index is 0.870. The van der Waals surface area contributed by atoms with Crippen LogP contribution in [-0.2, 0) is 0 Å². The maximum absolute atomic E-state index is 6.39. The lowest BCUT2D eigenvalue weighted by atomic mass is 10.0. The number of benzene rings is 6. The van der Waals surface area contributed by atoms with Gasteiger partial charge in [0, 0.05) is 31.3 Å². The van der Waals surface area contributed by atoms with E-state index < -0.39 is 0 Å². The Hall–Kier alpha value is -5.42. The van der Waals surface area contributed by atoms with Gasteiger partial charge in [-0.15, -0.1) is 22.7 Å². The van der Waals surface area contributed by atoms with Gasteiger partial charge in [-0.3, -0.25) is 0 Å². The van der Waals surface area contributed by atoms with Crippen LogP contribution in [0.5, 0.6) is 0 Å². The average Bonchev–Trinajstić information content (AvgIpc) is 3.91. The zero-order valence-electron chi connectivity index (χ0n) is 24.5. The SMILES string of the molecule is c1cc2cc(-c3ccc(-c4cc5cc6cc7oc(-c8ccc(-c9ccc%10sccc%10c9)cc8)cc7cc6cc5o4)cc3)ccc2s1. The molecule has 10 rings (SSSR count). The first-order valence-corrected chi connectivity index (χ1v) is 17.0. The standard InChI is InChI=1S/C42H24O2S2/c1-5-27(6-2-25(1)29-9-11-41-31(17-29)13-15-45-41)37-23-35-19-33-22-40-36(20-34(33)21-39(35)43-37)24-38(44-40)28-7-3-26(4-8-28)30-10-12-42-32(18-30)14-16-46-42/h1-24H. The van der Waals surface area contributed by atoms with Crippen molar-refractivity contribution in [3.63, 3.8) is 0 Å². The molecule has 0 spiro atoms. The molecule has 0 saturated carbocycles. The largest absolute Gasteiger partial charge is 0.456 e. The van der Waals surface area contributed by atoms with Crippen LogP contribution in [0.15, 0.2) is 153 Å². The Morgan fingerprint density at radius 2 is 0.717 bits per heavy atom. The van der Waals surface area contributed by atoms with Crippen LogP contribution in [-0.4, -0.2) is 0 Å². The van der Waals surface area contributed by atoms with Gasteiger partial charge < -0.3 is 8.83 Å². The second-order valence-corrected chi connectivity index (χ2v) is 13.7. The molecule has 0 saturated heterocycles. The molecular formula is C42H24O2S2. The molecule has 4 aromatic heterocycles. The normalized spacial score (nSPS) is 11.9.